The third kappa shape index (κ3) is 3.80. The Kier molecular flexibility index (Phi) is 5.26. The zero-order valence-corrected chi connectivity index (χ0v) is 19.0. The molecule has 1 aliphatic heterocycles. The van der Waals surface area contributed by atoms with Gasteiger partial charge in [-0.2, -0.15) is 4.98 Å². The molecule has 168 valence electrons. The van der Waals surface area contributed by atoms with Crippen molar-refractivity contribution in [1.29, 1.82) is 0 Å². The summed E-state index contributed by atoms with van der Waals surface area (Å²) in [6.07, 6.45) is 4.23. The standard InChI is InChI=1S/C24H26N8O/c1-5-10-31-23(33)19-13-25-24(29-22(19)32(31)21-8-6-7-15(2)26-21)28-20-12-17-14-30(4)11-9-18(17)16(3)27-20/h5-8,12-13H,1,9-11,14H2,2-4H3,(H,25,27,28,29). The third-order valence-electron chi connectivity index (χ3n) is 5.92. The molecular formula is C24H26N8O. The first-order valence-electron chi connectivity index (χ1n) is 10.9. The number of pyridine rings is 2. The first-order chi connectivity index (χ1) is 15.9. The van der Waals surface area contributed by atoms with Gasteiger partial charge in [0.15, 0.2) is 11.5 Å². The van der Waals surface area contributed by atoms with Crippen molar-refractivity contribution >= 4 is 22.8 Å². The zero-order chi connectivity index (χ0) is 23.1. The lowest BCUT2D eigenvalue weighted by Crippen LogP contribution is -2.27. The summed E-state index contributed by atoms with van der Waals surface area (Å²) >= 11 is 0. The van der Waals surface area contributed by atoms with E-state index in [0.29, 0.717) is 35.2 Å². The number of nitrogens with zero attached hydrogens (tertiary/aromatic N) is 7. The number of aromatic nitrogens is 6. The SMILES string of the molecule is C=CCn1c(=O)c2cnc(Nc3cc4c(c(C)n3)CCN(C)C4)nc2n1-c1cccc(C)n1. The van der Waals surface area contributed by atoms with E-state index in [1.807, 2.05) is 32.0 Å². The Bertz CT molecular complexity index is 1430. The molecule has 0 fully saturated rings. The monoisotopic (exact) mass is 442 g/mol. The third-order valence-corrected chi connectivity index (χ3v) is 5.92. The van der Waals surface area contributed by atoms with Crippen LogP contribution in [0.2, 0.25) is 0 Å². The second kappa shape index (κ2) is 8.25. The molecule has 0 saturated heterocycles. The lowest BCUT2D eigenvalue weighted by atomic mass is 9.99. The molecule has 9 nitrogen and oxygen atoms in total. The fourth-order valence-corrected chi connectivity index (χ4v) is 4.35. The van der Waals surface area contributed by atoms with Gasteiger partial charge in [-0.15, -0.1) is 6.58 Å². The average Bonchev–Trinajstić information content (AvgIpc) is 3.05. The van der Waals surface area contributed by atoms with Gasteiger partial charge in [-0.3, -0.25) is 4.79 Å². The number of allylic oxidation sites excluding steroid dienone is 1. The van der Waals surface area contributed by atoms with E-state index in [0.717, 1.165) is 30.9 Å². The van der Waals surface area contributed by atoms with Crippen LogP contribution in [0.15, 0.2) is 47.9 Å². The van der Waals surface area contributed by atoms with Crippen LogP contribution in [-0.2, 0) is 19.5 Å². The molecule has 0 radical (unpaired) electrons. The summed E-state index contributed by atoms with van der Waals surface area (Å²) in [6.45, 7) is 9.98. The zero-order valence-electron chi connectivity index (χ0n) is 19.0. The summed E-state index contributed by atoms with van der Waals surface area (Å²) in [6, 6.07) is 7.73. The van der Waals surface area contributed by atoms with E-state index in [1.165, 1.54) is 11.1 Å². The van der Waals surface area contributed by atoms with E-state index in [4.69, 9.17) is 9.97 Å². The smallest absolute Gasteiger partial charge is 0.278 e. The van der Waals surface area contributed by atoms with Crippen LogP contribution >= 0.6 is 0 Å². The average molecular weight is 443 g/mol. The molecule has 0 spiro atoms. The maximum atomic E-state index is 13.1. The van der Waals surface area contributed by atoms with Crippen LogP contribution in [-0.4, -0.2) is 47.8 Å². The molecule has 5 heterocycles. The van der Waals surface area contributed by atoms with Crippen LogP contribution in [0.5, 0.6) is 0 Å². The number of fused-ring (bicyclic) bond motifs is 2. The number of likely N-dealkylation sites (N-methyl/N-ethyl adjacent to an activating group) is 1. The highest BCUT2D eigenvalue weighted by Gasteiger charge is 2.20. The molecule has 0 amide bonds. The van der Waals surface area contributed by atoms with Gasteiger partial charge in [0, 0.05) is 30.7 Å². The summed E-state index contributed by atoms with van der Waals surface area (Å²) < 4.78 is 3.29. The van der Waals surface area contributed by atoms with Crippen molar-refractivity contribution in [3.63, 3.8) is 0 Å². The Balaban J connectivity index is 1.61. The highest BCUT2D eigenvalue weighted by Crippen LogP contribution is 2.25. The van der Waals surface area contributed by atoms with Crippen molar-refractivity contribution in [2.75, 3.05) is 18.9 Å². The van der Waals surface area contributed by atoms with Crippen molar-refractivity contribution in [2.24, 2.45) is 0 Å². The van der Waals surface area contributed by atoms with Crippen molar-refractivity contribution < 1.29 is 0 Å². The van der Waals surface area contributed by atoms with Gasteiger partial charge < -0.3 is 10.2 Å². The molecule has 0 saturated carbocycles. The van der Waals surface area contributed by atoms with E-state index in [1.54, 1.807) is 21.6 Å². The highest BCUT2D eigenvalue weighted by atomic mass is 16.1. The molecule has 1 N–H and O–H groups in total. The van der Waals surface area contributed by atoms with E-state index in [9.17, 15) is 4.79 Å². The molecule has 0 aromatic carbocycles. The van der Waals surface area contributed by atoms with Gasteiger partial charge in [0.05, 0.1) is 6.54 Å². The Labute approximate surface area is 191 Å². The van der Waals surface area contributed by atoms with Crippen LogP contribution in [0, 0.1) is 13.8 Å². The van der Waals surface area contributed by atoms with Crippen molar-refractivity contribution in [2.45, 2.75) is 33.4 Å². The topological polar surface area (TPSA) is 93.8 Å². The van der Waals surface area contributed by atoms with Crippen molar-refractivity contribution in [3.8, 4) is 5.82 Å². The molecule has 0 atom stereocenters. The molecular weight excluding hydrogens is 416 g/mol. The normalized spacial score (nSPS) is 13.8. The van der Waals surface area contributed by atoms with Crippen LogP contribution in [0.25, 0.3) is 16.9 Å². The Hall–Kier alpha value is -3.85. The van der Waals surface area contributed by atoms with E-state index in [-0.39, 0.29) is 5.56 Å². The summed E-state index contributed by atoms with van der Waals surface area (Å²) in [7, 11) is 2.12. The summed E-state index contributed by atoms with van der Waals surface area (Å²) in [5.41, 5.74) is 4.73. The van der Waals surface area contributed by atoms with Crippen LogP contribution in [0.3, 0.4) is 0 Å². The van der Waals surface area contributed by atoms with Gasteiger partial charge >= 0.3 is 0 Å². The number of hydrogen-bond acceptors (Lipinski definition) is 7. The largest absolute Gasteiger partial charge is 0.309 e. The van der Waals surface area contributed by atoms with Gasteiger partial charge in [0.2, 0.25) is 5.95 Å². The van der Waals surface area contributed by atoms with E-state index in [2.05, 4.69) is 39.9 Å². The molecule has 5 rings (SSSR count). The highest BCUT2D eigenvalue weighted by molar-refractivity contribution is 5.77. The van der Waals surface area contributed by atoms with Crippen molar-refractivity contribution in [1.82, 2.24) is 34.2 Å². The lowest BCUT2D eigenvalue weighted by molar-refractivity contribution is 0.312. The van der Waals surface area contributed by atoms with Crippen LogP contribution in [0.1, 0.15) is 22.5 Å². The maximum absolute atomic E-state index is 13.1. The molecule has 33 heavy (non-hydrogen) atoms. The fourth-order valence-electron chi connectivity index (χ4n) is 4.35. The quantitative estimate of drug-likeness (QED) is 0.475. The van der Waals surface area contributed by atoms with Gasteiger partial charge in [0.1, 0.15) is 11.2 Å². The minimum atomic E-state index is -0.189. The second-order valence-electron chi connectivity index (χ2n) is 8.40. The van der Waals surface area contributed by atoms with E-state index >= 15 is 0 Å². The Morgan fingerprint density at radius 2 is 2.06 bits per heavy atom. The van der Waals surface area contributed by atoms with Gasteiger partial charge in [0.25, 0.3) is 5.56 Å². The minimum absolute atomic E-state index is 0.189. The van der Waals surface area contributed by atoms with Crippen LogP contribution < -0.4 is 10.9 Å². The number of anilines is 2. The minimum Gasteiger partial charge on any atom is -0.309 e. The number of nitrogens with one attached hydrogen (secondary N) is 1. The summed E-state index contributed by atoms with van der Waals surface area (Å²) in [4.78, 5) is 33.8. The molecule has 0 aliphatic carbocycles. The fraction of sp³-hybridized carbons (Fsp3) is 0.292. The first kappa shape index (κ1) is 21.0. The number of aryl methyl sites for hydroxylation is 2. The van der Waals surface area contributed by atoms with Gasteiger partial charge in [-0.05, 0) is 56.6 Å². The molecule has 1 aliphatic rings. The van der Waals surface area contributed by atoms with E-state index < -0.39 is 0 Å². The maximum Gasteiger partial charge on any atom is 0.278 e. The summed E-state index contributed by atoms with van der Waals surface area (Å²) in [5, 5.41) is 3.65. The predicted octanol–water partition coefficient (Wildman–Crippen LogP) is 2.91. The number of rotatable bonds is 5. The predicted molar refractivity (Wildman–Crippen MR) is 128 cm³/mol. The molecule has 4 aromatic rings. The summed E-state index contributed by atoms with van der Waals surface area (Å²) in [5.74, 6) is 1.67. The van der Waals surface area contributed by atoms with Crippen LogP contribution in [0.4, 0.5) is 11.8 Å². The molecule has 0 unspecified atom stereocenters. The molecule has 9 heteroatoms. The van der Waals surface area contributed by atoms with Gasteiger partial charge in [-0.1, -0.05) is 12.1 Å². The van der Waals surface area contributed by atoms with Gasteiger partial charge in [-0.25, -0.2) is 24.3 Å². The second-order valence-corrected chi connectivity index (χ2v) is 8.40. The first-order valence-corrected chi connectivity index (χ1v) is 10.9. The lowest BCUT2D eigenvalue weighted by Gasteiger charge is -2.26. The van der Waals surface area contributed by atoms with Crippen molar-refractivity contribution in [3.05, 3.63) is 76.0 Å². The molecule has 0 bridgehead atoms. The molecule has 4 aromatic heterocycles. The number of hydrogen-bond donors (Lipinski definition) is 1. The Morgan fingerprint density at radius 3 is 2.85 bits per heavy atom. The Morgan fingerprint density at radius 1 is 1.21 bits per heavy atom.